The number of likely N-dealkylation sites (tertiary alicyclic amines) is 1. The van der Waals surface area contributed by atoms with Crippen molar-refractivity contribution in [3.05, 3.63) is 23.4 Å². The molecule has 9 nitrogen and oxygen atoms in total. The monoisotopic (exact) mass is 518 g/mol. The maximum atomic E-state index is 13.5. The molecule has 3 saturated heterocycles. The van der Waals surface area contributed by atoms with Crippen molar-refractivity contribution in [3.63, 3.8) is 0 Å². The van der Waals surface area contributed by atoms with E-state index in [1.54, 1.807) is 22.1 Å². The number of aromatic nitrogens is 1. The number of piperazine rings is 1. The van der Waals surface area contributed by atoms with Crippen LogP contribution in [-0.2, 0) is 14.3 Å². The molecule has 2 unspecified atom stereocenters. The summed E-state index contributed by atoms with van der Waals surface area (Å²) in [6.07, 6.45) is -1.38. The number of amides is 2. The Bertz CT molecular complexity index is 882. The van der Waals surface area contributed by atoms with E-state index in [9.17, 15) is 22.8 Å². The van der Waals surface area contributed by atoms with Crippen molar-refractivity contribution in [1.82, 2.24) is 25.6 Å². The molecule has 1 aromatic rings. The van der Waals surface area contributed by atoms with Crippen LogP contribution < -0.4 is 15.8 Å². The van der Waals surface area contributed by atoms with Crippen LogP contribution in [0.5, 0.6) is 0 Å². The molecule has 0 spiro atoms. The second kappa shape index (κ2) is 11.3. The van der Waals surface area contributed by atoms with Crippen molar-refractivity contribution >= 4 is 29.2 Å². The molecule has 3 aliphatic rings. The van der Waals surface area contributed by atoms with Gasteiger partial charge in [-0.25, -0.2) is 10.4 Å². The van der Waals surface area contributed by atoms with Gasteiger partial charge < -0.3 is 14.5 Å². The van der Waals surface area contributed by atoms with Crippen LogP contribution in [0.3, 0.4) is 0 Å². The van der Waals surface area contributed by atoms with Crippen molar-refractivity contribution in [2.24, 2.45) is 5.92 Å². The fraction of sp³-hybridized carbons (Fsp3) is 0.682. The lowest BCUT2D eigenvalue weighted by molar-refractivity contribution is -0.201. The Morgan fingerprint density at radius 1 is 1.20 bits per heavy atom. The molecule has 3 atom stereocenters. The second-order valence-electron chi connectivity index (χ2n) is 9.02. The minimum Gasteiger partial charge on any atom is -0.379 e. The number of rotatable bonds is 7. The molecule has 0 aliphatic carbocycles. The number of hydrazine groups is 1. The quantitative estimate of drug-likeness (QED) is 0.528. The van der Waals surface area contributed by atoms with E-state index in [4.69, 9.17) is 16.3 Å². The normalized spacial score (nSPS) is 26.2. The van der Waals surface area contributed by atoms with Crippen molar-refractivity contribution in [2.45, 2.75) is 37.5 Å². The van der Waals surface area contributed by atoms with Gasteiger partial charge in [-0.1, -0.05) is 11.6 Å². The lowest BCUT2D eigenvalue weighted by Crippen LogP contribution is -2.65. The number of hydrogen-bond donors (Lipinski definition) is 2. The maximum Gasteiger partial charge on any atom is 0.402 e. The van der Waals surface area contributed by atoms with Crippen molar-refractivity contribution < 1.29 is 27.5 Å². The van der Waals surface area contributed by atoms with E-state index >= 15 is 0 Å². The van der Waals surface area contributed by atoms with Crippen LogP contribution in [0.25, 0.3) is 0 Å². The van der Waals surface area contributed by atoms with E-state index in [1.807, 2.05) is 6.07 Å². The highest BCUT2D eigenvalue weighted by molar-refractivity contribution is 6.30. The molecule has 35 heavy (non-hydrogen) atoms. The first kappa shape index (κ1) is 25.9. The molecule has 13 heteroatoms. The number of carbonyl (C=O) groups is 2. The zero-order valence-electron chi connectivity index (χ0n) is 19.3. The Hall–Kier alpha value is -2.15. The minimum absolute atomic E-state index is 0.0118. The minimum atomic E-state index is -4.62. The van der Waals surface area contributed by atoms with Gasteiger partial charge in [0.25, 0.3) is 0 Å². The Kier molecular flexibility index (Phi) is 8.35. The van der Waals surface area contributed by atoms with Crippen LogP contribution >= 0.6 is 11.6 Å². The molecule has 2 N–H and O–H groups in total. The highest BCUT2D eigenvalue weighted by atomic mass is 35.5. The SMILES string of the molecule is O=C1NNCC(N2CCC[C@H]2COCCC(=O)N2CCN(c3ccc(Cl)cn3)CC2)C1C(F)(F)F. The van der Waals surface area contributed by atoms with Gasteiger partial charge in [0, 0.05) is 51.0 Å². The molecule has 3 aliphatic heterocycles. The van der Waals surface area contributed by atoms with E-state index in [-0.39, 0.29) is 38.1 Å². The number of halogens is 4. The van der Waals surface area contributed by atoms with Gasteiger partial charge in [0.15, 0.2) is 5.92 Å². The zero-order chi connectivity index (χ0) is 25.0. The van der Waals surface area contributed by atoms with Crippen molar-refractivity contribution in [1.29, 1.82) is 0 Å². The Morgan fingerprint density at radius 3 is 2.66 bits per heavy atom. The number of nitrogens with one attached hydrogen (secondary N) is 2. The van der Waals surface area contributed by atoms with E-state index < -0.39 is 24.0 Å². The summed E-state index contributed by atoms with van der Waals surface area (Å²) < 4.78 is 46.3. The summed E-state index contributed by atoms with van der Waals surface area (Å²) >= 11 is 5.88. The molecule has 0 saturated carbocycles. The van der Waals surface area contributed by atoms with Crippen LogP contribution in [0, 0.1) is 5.92 Å². The number of pyridine rings is 1. The summed E-state index contributed by atoms with van der Waals surface area (Å²) in [6.45, 7) is 3.42. The molecule has 1 aromatic heterocycles. The molecule has 4 rings (SSSR count). The largest absolute Gasteiger partial charge is 0.402 e. The standard InChI is InChI=1S/C22H30ClF3N6O3/c23-15-3-4-18(27-12-15)30-7-9-31(10-8-30)19(33)5-11-35-14-16-2-1-6-32(16)17-13-28-29-21(34)20(17)22(24,25)26/h3-4,12,16-17,20,28H,1-2,5-11,13-14H2,(H,29,34)/t16-,17?,20?/m0/s1. The van der Waals surface area contributed by atoms with Gasteiger partial charge in [0.05, 0.1) is 24.7 Å². The third-order valence-corrected chi connectivity index (χ3v) is 7.05. The van der Waals surface area contributed by atoms with Gasteiger partial charge in [0.2, 0.25) is 11.8 Å². The van der Waals surface area contributed by atoms with Gasteiger partial charge in [-0.2, -0.15) is 13.2 Å². The maximum absolute atomic E-state index is 13.5. The third kappa shape index (κ3) is 6.35. The number of ether oxygens (including phenoxy) is 1. The predicted octanol–water partition coefficient (Wildman–Crippen LogP) is 1.44. The molecule has 2 amide bonds. The van der Waals surface area contributed by atoms with E-state index in [0.717, 1.165) is 12.2 Å². The van der Waals surface area contributed by atoms with Crippen LogP contribution in [-0.4, -0.2) is 97.3 Å². The first-order valence-corrected chi connectivity index (χ1v) is 12.2. The van der Waals surface area contributed by atoms with Crippen LogP contribution in [0.4, 0.5) is 19.0 Å². The number of anilines is 1. The van der Waals surface area contributed by atoms with Gasteiger partial charge in [-0.05, 0) is 31.5 Å². The van der Waals surface area contributed by atoms with Crippen LogP contribution in [0.2, 0.25) is 5.02 Å². The van der Waals surface area contributed by atoms with E-state index in [2.05, 4.69) is 20.7 Å². The highest BCUT2D eigenvalue weighted by Crippen LogP contribution is 2.35. The summed E-state index contributed by atoms with van der Waals surface area (Å²) in [7, 11) is 0. The van der Waals surface area contributed by atoms with Crippen LogP contribution in [0.1, 0.15) is 19.3 Å². The van der Waals surface area contributed by atoms with E-state index in [0.29, 0.717) is 44.2 Å². The van der Waals surface area contributed by atoms with E-state index in [1.165, 1.54) is 0 Å². The molecule has 3 fully saturated rings. The summed E-state index contributed by atoms with van der Waals surface area (Å²) in [5, 5.41) is 0.573. The highest BCUT2D eigenvalue weighted by Gasteiger charge is 2.54. The number of alkyl halides is 3. The average Bonchev–Trinajstić information content (AvgIpc) is 3.30. The molecule has 194 valence electrons. The fourth-order valence-electron chi connectivity index (χ4n) is 5.04. The predicted molar refractivity (Wildman–Crippen MR) is 123 cm³/mol. The lowest BCUT2D eigenvalue weighted by Gasteiger charge is -2.40. The topological polar surface area (TPSA) is 90.0 Å². The fourth-order valence-corrected chi connectivity index (χ4v) is 5.15. The van der Waals surface area contributed by atoms with Crippen molar-refractivity contribution in [3.8, 4) is 0 Å². The molecule has 0 aromatic carbocycles. The first-order chi connectivity index (χ1) is 16.7. The molecule has 0 bridgehead atoms. The number of hydrogen-bond acceptors (Lipinski definition) is 7. The Labute approximate surface area is 206 Å². The average molecular weight is 519 g/mol. The van der Waals surface area contributed by atoms with Gasteiger partial charge >= 0.3 is 6.18 Å². The summed E-state index contributed by atoms with van der Waals surface area (Å²) in [6, 6.07) is 2.44. The summed E-state index contributed by atoms with van der Waals surface area (Å²) in [5.74, 6) is -2.32. The smallest absolute Gasteiger partial charge is 0.379 e. The van der Waals surface area contributed by atoms with Crippen LogP contribution in [0.15, 0.2) is 18.3 Å². The van der Waals surface area contributed by atoms with Crippen molar-refractivity contribution in [2.75, 3.05) is 57.4 Å². The second-order valence-corrected chi connectivity index (χ2v) is 9.45. The molecule has 4 heterocycles. The summed E-state index contributed by atoms with van der Waals surface area (Å²) in [5.41, 5.74) is 4.67. The Balaban J connectivity index is 1.20. The third-order valence-electron chi connectivity index (χ3n) is 6.83. The number of nitrogens with zero attached hydrogens (tertiary/aromatic N) is 4. The number of carbonyl (C=O) groups excluding carboxylic acids is 2. The van der Waals surface area contributed by atoms with Gasteiger partial charge in [-0.15, -0.1) is 0 Å². The Morgan fingerprint density at radius 2 is 1.97 bits per heavy atom. The lowest BCUT2D eigenvalue weighted by atomic mass is 9.94. The first-order valence-electron chi connectivity index (χ1n) is 11.8. The zero-order valence-corrected chi connectivity index (χ0v) is 20.0. The molecular formula is C22H30ClF3N6O3. The molecule has 0 radical (unpaired) electrons. The van der Waals surface area contributed by atoms with Gasteiger partial charge in [0.1, 0.15) is 5.82 Å². The molecular weight excluding hydrogens is 489 g/mol. The summed E-state index contributed by atoms with van der Waals surface area (Å²) in [4.78, 5) is 34.4. The van der Waals surface area contributed by atoms with Gasteiger partial charge in [-0.3, -0.25) is 19.9 Å².